The van der Waals surface area contributed by atoms with Gasteiger partial charge in [-0.15, -0.1) is 12.4 Å². The van der Waals surface area contributed by atoms with E-state index < -0.39 is 0 Å². The maximum Gasteiger partial charge on any atom is 0.222 e. The van der Waals surface area contributed by atoms with E-state index in [0.29, 0.717) is 19.5 Å². The van der Waals surface area contributed by atoms with Gasteiger partial charge in [0.25, 0.3) is 0 Å². The molecule has 0 saturated heterocycles. The predicted molar refractivity (Wildman–Crippen MR) is 77.9 cm³/mol. The highest BCUT2D eigenvalue weighted by Crippen LogP contribution is 2.03. The molecule has 1 aromatic rings. The van der Waals surface area contributed by atoms with Crippen LogP contribution < -0.4 is 5.73 Å². The van der Waals surface area contributed by atoms with Crippen LogP contribution in [-0.2, 0) is 11.2 Å². The van der Waals surface area contributed by atoms with Gasteiger partial charge in [-0.1, -0.05) is 37.3 Å². The molecule has 0 fully saturated rings. The maximum atomic E-state index is 11.8. The van der Waals surface area contributed by atoms with Gasteiger partial charge in [-0.25, -0.2) is 0 Å². The van der Waals surface area contributed by atoms with E-state index in [-0.39, 0.29) is 18.3 Å². The third-order valence-electron chi connectivity index (χ3n) is 2.73. The number of nitrogens with zero attached hydrogens (tertiary/aromatic N) is 1. The molecular weight excluding hydrogens is 248 g/mol. The molecule has 0 aliphatic rings. The van der Waals surface area contributed by atoms with Gasteiger partial charge in [-0.05, 0) is 18.4 Å². The Morgan fingerprint density at radius 1 is 1.22 bits per heavy atom. The number of amides is 1. The van der Waals surface area contributed by atoms with Crippen molar-refractivity contribution in [2.45, 2.75) is 26.2 Å². The van der Waals surface area contributed by atoms with Crippen LogP contribution in [0.4, 0.5) is 0 Å². The highest BCUT2D eigenvalue weighted by atomic mass is 35.5. The molecule has 1 amide bonds. The molecule has 0 bridgehead atoms. The second-order valence-electron chi connectivity index (χ2n) is 4.16. The lowest BCUT2D eigenvalue weighted by molar-refractivity contribution is -0.131. The molecule has 2 N–H and O–H groups in total. The minimum Gasteiger partial charge on any atom is -0.341 e. The molecule has 0 aliphatic carbocycles. The second kappa shape index (κ2) is 9.92. The van der Waals surface area contributed by atoms with E-state index >= 15 is 0 Å². The van der Waals surface area contributed by atoms with E-state index in [4.69, 9.17) is 5.73 Å². The van der Waals surface area contributed by atoms with Crippen LogP contribution in [-0.4, -0.2) is 30.4 Å². The molecule has 102 valence electrons. The fraction of sp³-hybridized carbons (Fsp3) is 0.500. The van der Waals surface area contributed by atoms with Gasteiger partial charge in [0, 0.05) is 26.1 Å². The summed E-state index contributed by atoms with van der Waals surface area (Å²) < 4.78 is 0. The molecule has 0 heterocycles. The largest absolute Gasteiger partial charge is 0.341 e. The van der Waals surface area contributed by atoms with Gasteiger partial charge < -0.3 is 10.6 Å². The van der Waals surface area contributed by atoms with Gasteiger partial charge in [-0.3, -0.25) is 4.79 Å². The van der Waals surface area contributed by atoms with Crippen LogP contribution in [0.3, 0.4) is 0 Å². The number of hydrogen-bond donors (Lipinski definition) is 1. The van der Waals surface area contributed by atoms with Crippen molar-refractivity contribution in [1.29, 1.82) is 0 Å². The summed E-state index contributed by atoms with van der Waals surface area (Å²) in [7, 11) is 0. The summed E-state index contributed by atoms with van der Waals surface area (Å²) in [4.78, 5) is 13.7. The standard InChI is InChI=1S/C14H22N2O.ClH/c1-2-6-14(17)16(12-10-15)11-9-13-7-4-3-5-8-13;/h3-5,7-8H,2,6,9-12,15H2,1H3;1H. The number of carbonyl (C=O) groups excluding carboxylic acids is 1. The Hall–Kier alpha value is -1.06. The highest BCUT2D eigenvalue weighted by Gasteiger charge is 2.11. The van der Waals surface area contributed by atoms with E-state index in [2.05, 4.69) is 12.1 Å². The maximum absolute atomic E-state index is 11.8. The van der Waals surface area contributed by atoms with Crippen LogP contribution in [0.1, 0.15) is 25.3 Å². The Kier molecular flexibility index (Phi) is 9.33. The molecule has 0 atom stereocenters. The van der Waals surface area contributed by atoms with Crippen LogP contribution in [0, 0.1) is 0 Å². The van der Waals surface area contributed by atoms with E-state index in [0.717, 1.165) is 19.4 Å². The van der Waals surface area contributed by atoms with Gasteiger partial charge in [0.05, 0.1) is 0 Å². The average Bonchev–Trinajstić information content (AvgIpc) is 2.36. The molecule has 0 radical (unpaired) electrons. The molecular formula is C14H23ClN2O. The van der Waals surface area contributed by atoms with Gasteiger partial charge in [-0.2, -0.15) is 0 Å². The molecule has 0 unspecified atom stereocenters. The van der Waals surface area contributed by atoms with Crippen molar-refractivity contribution in [1.82, 2.24) is 4.90 Å². The fourth-order valence-electron chi connectivity index (χ4n) is 1.80. The third kappa shape index (κ3) is 6.03. The monoisotopic (exact) mass is 270 g/mol. The molecule has 0 saturated carbocycles. The predicted octanol–water partition coefficient (Wildman–Crippen LogP) is 2.24. The first-order valence-corrected chi connectivity index (χ1v) is 6.29. The molecule has 0 spiro atoms. The van der Waals surface area contributed by atoms with Crippen molar-refractivity contribution in [3.63, 3.8) is 0 Å². The Labute approximate surface area is 116 Å². The van der Waals surface area contributed by atoms with Crippen LogP contribution in [0.2, 0.25) is 0 Å². The first-order chi connectivity index (χ1) is 8.27. The summed E-state index contributed by atoms with van der Waals surface area (Å²) >= 11 is 0. The molecule has 4 heteroatoms. The Bertz CT molecular complexity index is 330. The molecule has 1 rings (SSSR count). The van der Waals surface area contributed by atoms with Crippen molar-refractivity contribution >= 4 is 18.3 Å². The normalized spacial score (nSPS) is 9.67. The van der Waals surface area contributed by atoms with E-state index in [9.17, 15) is 4.79 Å². The lowest BCUT2D eigenvalue weighted by atomic mass is 10.1. The number of halogens is 1. The molecule has 18 heavy (non-hydrogen) atoms. The first-order valence-electron chi connectivity index (χ1n) is 6.29. The van der Waals surface area contributed by atoms with Gasteiger partial charge >= 0.3 is 0 Å². The number of nitrogens with two attached hydrogens (primary N) is 1. The number of benzene rings is 1. The molecule has 0 aromatic heterocycles. The van der Waals surface area contributed by atoms with Crippen LogP contribution in [0.15, 0.2) is 30.3 Å². The zero-order valence-electron chi connectivity index (χ0n) is 11.0. The van der Waals surface area contributed by atoms with Crippen molar-refractivity contribution in [3.8, 4) is 0 Å². The van der Waals surface area contributed by atoms with Gasteiger partial charge in [0.1, 0.15) is 0 Å². The Balaban J connectivity index is 0.00000289. The smallest absolute Gasteiger partial charge is 0.222 e. The zero-order chi connectivity index (χ0) is 12.5. The number of rotatable bonds is 7. The Morgan fingerprint density at radius 3 is 2.44 bits per heavy atom. The minimum absolute atomic E-state index is 0. The average molecular weight is 271 g/mol. The quantitative estimate of drug-likeness (QED) is 0.826. The number of carbonyl (C=O) groups is 1. The van der Waals surface area contributed by atoms with Crippen molar-refractivity contribution in [3.05, 3.63) is 35.9 Å². The highest BCUT2D eigenvalue weighted by molar-refractivity contribution is 5.85. The van der Waals surface area contributed by atoms with Crippen LogP contribution in [0.25, 0.3) is 0 Å². The molecule has 3 nitrogen and oxygen atoms in total. The Morgan fingerprint density at radius 2 is 1.89 bits per heavy atom. The van der Waals surface area contributed by atoms with Crippen molar-refractivity contribution in [2.75, 3.05) is 19.6 Å². The summed E-state index contributed by atoms with van der Waals surface area (Å²) in [6.45, 7) is 3.98. The number of hydrogen-bond acceptors (Lipinski definition) is 2. The topological polar surface area (TPSA) is 46.3 Å². The van der Waals surface area contributed by atoms with Crippen molar-refractivity contribution in [2.24, 2.45) is 5.73 Å². The van der Waals surface area contributed by atoms with Crippen LogP contribution in [0.5, 0.6) is 0 Å². The van der Waals surface area contributed by atoms with Gasteiger partial charge in [0.15, 0.2) is 0 Å². The van der Waals surface area contributed by atoms with Crippen LogP contribution >= 0.6 is 12.4 Å². The van der Waals surface area contributed by atoms with Crippen molar-refractivity contribution < 1.29 is 4.79 Å². The van der Waals surface area contributed by atoms with E-state index in [1.807, 2.05) is 30.0 Å². The molecule has 0 aliphatic heterocycles. The third-order valence-corrected chi connectivity index (χ3v) is 2.73. The summed E-state index contributed by atoms with van der Waals surface area (Å²) in [6, 6.07) is 10.2. The molecule has 1 aromatic carbocycles. The lowest BCUT2D eigenvalue weighted by Gasteiger charge is -2.21. The summed E-state index contributed by atoms with van der Waals surface area (Å²) in [5.41, 5.74) is 6.80. The van der Waals surface area contributed by atoms with E-state index in [1.54, 1.807) is 0 Å². The lowest BCUT2D eigenvalue weighted by Crippen LogP contribution is -2.36. The summed E-state index contributed by atoms with van der Waals surface area (Å²) in [5, 5.41) is 0. The summed E-state index contributed by atoms with van der Waals surface area (Å²) in [6.07, 6.45) is 2.41. The first kappa shape index (κ1) is 16.9. The minimum atomic E-state index is 0. The zero-order valence-corrected chi connectivity index (χ0v) is 11.8. The second-order valence-corrected chi connectivity index (χ2v) is 4.16. The van der Waals surface area contributed by atoms with Gasteiger partial charge in [0.2, 0.25) is 5.91 Å². The van der Waals surface area contributed by atoms with E-state index in [1.165, 1.54) is 5.56 Å². The SMILES string of the molecule is CCCC(=O)N(CCN)CCc1ccccc1.Cl. The fourth-order valence-corrected chi connectivity index (χ4v) is 1.80. The summed E-state index contributed by atoms with van der Waals surface area (Å²) in [5.74, 6) is 0.217.